The van der Waals surface area contributed by atoms with Gasteiger partial charge < -0.3 is 14.4 Å². The van der Waals surface area contributed by atoms with Crippen molar-refractivity contribution in [2.75, 3.05) is 32.8 Å². The number of carbonyl (C=O) groups excluding carboxylic acids is 1. The highest BCUT2D eigenvalue weighted by Gasteiger charge is 2.43. The van der Waals surface area contributed by atoms with Gasteiger partial charge in [0.25, 0.3) is 0 Å². The Bertz CT molecular complexity index is 602. The molecule has 3 fully saturated rings. The van der Waals surface area contributed by atoms with Crippen molar-refractivity contribution >= 4 is 17.2 Å². The number of thiazole rings is 1. The van der Waals surface area contributed by atoms with Crippen LogP contribution in [0.15, 0.2) is 5.38 Å². The van der Waals surface area contributed by atoms with Gasteiger partial charge in [-0.15, -0.1) is 11.3 Å². The number of ether oxygens (including phenoxy) is 2. The van der Waals surface area contributed by atoms with Gasteiger partial charge in [-0.05, 0) is 32.6 Å². The Morgan fingerprint density at radius 1 is 1.36 bits per heavy atom. The Morgan fingerprint density at radius 2 is 2.20 bits per heavy atom. The average molecular weight is 365 g/mol. The summed E-state index contributed by atoms with van der Waals surface area (Å²) in [6.45, 7) is 6.57. The van der Waals surface area contributed by atoms with E-state index < -0.39 is 0 Å². The number of nitrogens with zero attached hydrogens (tertiary/aromatic N) is 3. The fourth-order valence-corrected chi connectivity index (χ4v) is 4.90. The molecule has 0 unspecified atom stereocenters. The lowest BCUT2D eigenvalue weighted by Gasteiger charge is -2.38. The van der Waals surface area contributed by atoms with Crippen molar-refractivity contribution in [2.45, 2.75) is 57.4 Å². The zero-order valence-corrected chi connectivity index (χ0v) is 15.7. The van der Waals surface area contributed by atoms with Gasteiger partial charge in [0.2, 0.25) is 5.91 Å². The second-order valence-electron chi connectivity index (χ2n) is 7.25. The summed E-state index contributed by atoms with van der Waals surface area (Å²) in [6, 6.07) is 0.377. The van der Waals surface area contributed by atoms with Gasteiger partial charge in [-0.3, -0.25) is 9.69 Å². The molecule has 1 amide bonds. The van der Waals surface area contributed by atoms with Gasteiger partial charge in [0, 0.05) is 37.6 Å². The number of fused-ring (bicyclic) bond motifs is 1. The second kappa shape index (κ2) is 7.70. The molecule has 0 aromatic carbocycles. The van der Waals surface area contributed by atoms with Gasteiger partial charge in [0.1, 0.15) is 6.61 Å². The van der Waals surface area contributed by atoms with E-state index in [0.717, 1.165) is 69.2 Å². The van der Waals surface area contributed by atoms with Crippen LogP contribution < -0.4 is 0 Å². The zero-order chi connectivity index (χ0) is 17.2. The number of aryl methyl sites for hydroxylation is 1. The van der Waals surface area contributed by atoms with E-state index in [1.807, 2.05) is 11.8 Å². The average Bonchev–Trinajstić information content (AvgIpc) is 3.34. The van der Waals surface area contributed by atoms with E-state index in [9.17, 15) is 4.79 Å². The molecule has 138 valence electrons. The summed E-state index contributed by atoms with van der Waals surface area (Å²) in [5.41, 5.74) is 1.15. The number of likely N-dealkylation sites (tertiary alicyclic amines) is 1. The lowest BCUT2D eigenvalue weighted by atomic mass is 10.1. The molecule has 2 aliphatic heterocycles. The number of hydrogen-bond donors (Lipinski definition) is 0. The van der Waals surface area contributed by atoms with Crippen LogP contribution >= 0.6 is 11.3 Å². The SMILES string of the molecule is Cc1nc(CN2CCO[C@H]3[C@H](OCC(=O)N4CCCC4)CC[C@@H]32)cs1. The molecule has 0 N–H and O–H groups in total. The molecule has 0 spiro atoms. The third-order valence-electron chi connectivity index (χ3n) is 5.56. The van der Waals surface area contributed by atoms with Crippen LogP contribution in [-0.2, 0) is 20.8 Å². The number of morpholine rings is 1. The predicted octanol–water partition coefficient (Wildman–Crippen LogP) is 1.82. The number of rotatable bonds is 5. The summed E-state index contributed by atoms with van der Waals surface area (Å²) in [4.78, 5) is 21.2. The topological polar surface area (TPSA) is 54.9 Å². The highest BCUT2D eigenvalue weighted by molar-refractivity contribution is 7.09. The minimum atomic E-state index is 0.0384. The molecule has 1 aromatic rings. The van der Waals surface area contributed by atoms with Crippen molar-refractivity contribution in [3.05, 3.63) is 16.1 Å². The first-order valence-corrected chi connectivity index (χ1v) is 10.2. The molecule has 1 aromatic heterocycles. The van der Waals surface area contributed by atoms with Gasteiger partial charge >= 0.3 is 0 Å². The zero-order valence-electron chi connectivity index (χ0n) is 14.9. The predicted molar refractivity (Wildman–Crippen MR) is 95.6 cm³/mol. The van der Waals surface area contributed by atoms with Crippen molar-refractivity contribution in [3.8, 4) is 0 Å². The second-order valence-corrected chi connectivity index (χ2v) is 8.31. The lowest BCUT2D eigenvalue weighted by molar-refractivity contribution is -0.145. The molecule has 1 aliphatic carbocycles. The minimum Gasteiger partial charge on any atom is -0.373 e. The molecule has 1 saturated carbocycles. The first-order valence-electron chi connectivity index (χ1n) is 9.37. The van der Waals surface area contributed by atoms with Gasteiger partial charge in [-0.25, -0.2) is 4.98 Å². The molecular formula is C18H27N3O3S. The summed E-state index contributed by atoms with van der Waals surface area (Å²) >= 11 is 1.71. The van der Waals surface area contributed by atoms with Crippen molar-refractivity contribution in [2.24, 2.45) is 0 Å². The largest absolute Gasteiger partial charge is 0.373 e. The van der Waals surface area contributed by atoms with Crippen LogP contribution in [0.2, 0.25) is 0 Å². The Hall–Kier alpha value is -1.02. The van der Waals surface area contributed by atoms with E-state index in [-0.39, 0.29) is 24.7 Å². The van der Waals surface area contributed by atoms with Crippen LogP contribution in [0.3, 0.4) is 0 Å². The smallest absolute Gasteiger partial charge is 0.248 e. The Morgan fingerprint density at radius 3 is 2.96 bits per heavy atom. The summed E-state index contributed by atoms with van der Waals surface area (Å²) in [5.74, 6) is 0.131. The van der Waals surface area contributed by atoms with Crippen LogP contribution in [0.25, 0.3) is 0 Å². The van der Waals surface area contributed by atoms with Crippen LogP contribution in [0.5, 0.6) is 0 Å². The number of carbonyl (C=O) groups is 1. The van der Waals surface area contributed by atoms with Crippen LogP contribution in [0, 0.1) is 6.92 Å². The third-order valence-corrected chi connectivity index (χ3v) is 6.38. The molecule has 25 heavy (non-hydrogen) atoms. The van der Waals surface area contributed by atoms with E-state index in [1.165, 1.54) is 0 Å². The van der Waals surface area contributed by atoms with E-state index in [0.29, 0.717) is 6.04 Å². The van der Waals surface area contributed by atoms with E-state index in [4.69, 9.17) is 9.47 Å². The summed E-state index contributed by atoms with van der Waals surface area (Å²) in [5, 5.41) is 3.27. The fourth-order valence-electron chi connectivity index (χ4n) is 4.29. The molecule has 3 heterocycles. The number of hydrogen-bond acceptors (Lipinski definition) is 6. The highest BCUT2D eigenvalue weighted by Crippen LogP contribution is 2.33. The fraction of sp³-hybridized carbons (Fsp3) is 0.778. The maximum Gasteiger partial charge on any atom is 0.248 e. The highest BCUT2D eigenvalue weighted by atomic mass is 32.1. The summed E-state index contributed by atoms with van der Waals surface area (Å²) < 4.78 is 12.0. The van der Waals surface area contributed by atoms with Gasteiger partial charge in [0.05, 0.1) is 29.5 Å². The van der Waals surface area contributed by atoms with Crippen molar-refractivity contribution in [1.29, 1.82) is 0 Å². The normalized spacial score (nSPS) is 30.0. The van der Waals surface area contributed by atoms with E-state index in [2.05, 4.69) is 15.3 Å². The van der Waals surface area contributed by atoms with E-state index >= 15 is 0 Å². The molecule has 6 nitrogen and oxygen atoms in total. The molecule has 3 atom stereocenters. The van der Waals surface area contributed by atoms with Gasteiger partial charge in [-0.2, -0.15) is 0 Å². The molecule has 3 aliphatic rings. The van der Waals surface area contributed by atoms with Crippen LogP contribution in [0.4, 0.5) is 0 Å². The van der Waals surface area contributed by atoms with Crippen LogP contribution in [0.1, 0.15) is 36.4 Å². The molecule has 7 heteroatoms. The molecule has 4 rings (SSSR count). The summed E-state index contributed by atoms with van der Waals surface area (Å²) in [6.07, 6.45) is 4.39. The standard InChI is InChI=1S/C18H27N3O3S/c1-13-19-14(12-25-13)10-21-8-9-23-18-15(21)4-5-16(18)24-11-17(22)20-6-2-3-7-20/h12,15-16,18H,2-11H2,1H3/t15-,16+,18+/m0/s1. The van der Waals surface area contributed by atoms with Crippen molar-refractivity contribution in [1.82, 2.24) is 14.8 Å². The van der Waals surface area contributed by atoms with Crippen LogP contribution in [-0.4, -0.2) is 71.8 Å². The minimum absolute atomic E-state index is 0.0384. The molecular weight excluding hydrogens is 338 g/mol. The van der Waals surface area contributed by atoms with Crippen molar-refractivity contribution in [3.63, 3.8) is 0 Å². The Labute approximate surface area is 153 Å². The Balaban J connectivity index is 1.32. The molecule has 0 bridgehead atoms. The monoisotopic (exact) mass is 365 g/mol. The quantitative estimate of drug-likeness (QED) is 0.797. The Kier molecular flexibility index (Phi) is 5.36. The van der Waals surface area contributed by atoms with Gasteiger partial charge in [0.15, 0.2) is 0 Å². The van der Waals surface area contributed by atoms with Gasteiger partial charge in [-0.1, -0.05) is 0 Å². The number of amides is 1. The first kappa shape index (κ1) is 17.4. The maximum absolute atomic E-state index is 12.2. The summed E-state index contributed by atoms with van der Waals surface area (Å²) in [7, 11) is 0. The lowest BCUT2D eigenvalue weighted by Crippen LogP contribution is -2.51. The third kappa shape index (κ3) is 3.89. The number of aromatic nitrogens is 1. The maximum atomic E-state index is 12.2. The molecule has 2 saturated heterocycles. The van der Waals surface area contributed by atoms with E-state index in [1.54, 1.807) is 11.3 Å². The van der Waals surface area contributed by atoms with Crippen molar-refractivity contribution < 1.29 is 14.3 Å². The first-order chi connectivity index (χ1) is 12.2. The molecule has 0 radical (unpaired) electrons.